The Balaban J connectivity index is 2.18. The maximum atomic E-state index is 5.20. The summed E-state index contributed by atoms with van der Waals surface area (Å²) in [6.07, 6.45) is 2.86. The van der Waals surface area contributed by atoms with Crippen LogP contribution in [-0.4, -0.2) is 30.7 Å². The fourth-order valence-corrected chi connectivity index (χ4v) is 1.64. The Kier molecular flexibility index (Phi) is 6.09. The lowest BCUT2D eigenvalue weighted by atomic mass is 10.1. The molecule has 0 aliphatic carbocycles. The summed E-state index contributed by atoms with van der Waals surface area (Å²) in [5.74, 6) is 0.706. The van der Waals surface area contributed by atoms with Crippen LogP contribution in [0.1, 0.15) is 32.8 Å². The van der Waals surface area contributed by atoms with Crippen LogP contribution >= 0.6 is 0 Å². The van der Waals surface area contributed by atoms with Crippen molar-refractivity contribution < 1.29 is 4.74 Å². The van der Waals surface area contributed by atoms with E-state index in [9.17, 15) is 0 Å². The zero-order valence-electron chi connectivity index (χ0n) is 11.9. The molecule has 0 atom stereocenters. The molecule has 0 unspecified atom stereocenters. The number of nitrogens with one attached hydrogen (secondary N) is 2. The Morgan fingerprint density at radius 1 is 1.28 bits per heavy atom. The van der Waals surface area contributed by atoms with E-state index in [-0.39, 0.29) is 5.54 Å². The maximum absolute atomic E-state index is 5.20. The van der Waals surface area contributed by atoms with Gasteiger partial charge in [-0.05, 0) is 46.3 Å². The summed E-state index contributed by atoms with van der Waals surface area (Å²) >= 11 is 0. The Hall–Kier alpha value is -1.13. The molecule has 0 bridgehead atoms. The lowest BCUT2D eigenvalue weighted by Crippen LogP contribution is -2.37. The summed E-state index contributed by atoms with van der Waals surface area (Å²) in [6.45, 7) is 9.36. The van der Waals surface area contributed by atoms with Crippen molar-refractivity contribution in [1.82, 2.24) is 15.6 Å². The Labute approximate surface area is 110 Å². The molecule has 1 aromatic heterocycles. The second-order valence-electron chi connectivity index (χ2n) is 5.38. The predicted molar refractivity (Wildman–Crippen MR) is 74.9 cm³/mol. The molecule has 0 spiro atoms. The number of hydrogen-bond acceptors (Lipinski definition) is 4. The lowest BCUT2D eigenvalue weighted by Gasteiger charge is -2.20. The lowest BCUT2D eigenvalue weighted by molar-refractivity contribution is 0.389. The molecule has 2 N–H and O–H groups in total. The zero-order valence-corrected chi connectivity index (χ0v) is 11.9. The van der Waals surface area contributed by atoms with Gasteiger partial charge in [0.25, 0.3) is 0 Å². The highest BCUT2D eigenvalue weighted by Crippen LogP contribution is 2.12. The quantitative estimate of drug-likeness (QED) is 0.727. The van der Waals surface area contributed by atoms with Crippen molar-refractivity contribution in [1.29, 1.82) is 0 Å². The summed E-state index contributed by atoms with van der Waals surface area (Å²) in [6, 6.07) is 3.97. The van der Waals surface area contributed by atoms with Crippen molar-refractivity contribution in [3.05, 3.63) is 23.9 Å². The monoisotopic (exact) mass is 251 g/mol. The third-order valence-corrected chi connectivity index (χ3v) is 2.54. The van der Waals surface area contributed by atoms with Gasteiger partial charge in [0, 0.05) is 23.8 Å². The Morgan fingerprint density at radius 3 is 2.72 bits per heavy atom. The van der Waals surface area contributed by atoms with Crippen molar-refractivity contribution in [2.75, 3.05) is 20.2 Å². The number of hydrogen-bond donors (Lipinski definition) is 2. The predicted octanol–water partition coefficient (Wildman–Crippen LogP) is 1.96. The van der Waals surface area contributed by atoms with Gasteiger partial charge in [-0.2, -0.15) is 0 Å². The number of pyridine rings is 1. The molecule has 4 nitrogen and oxygen atoms in total. The summed E-state index contributed by atoms with van der Waals surface area (Å²) in [5.41, 5.74) is 1.30. The van der Waals surface area contributed by atoms with Crippen molar-refractivity contribution in [3.63, 3.8) is 0 Å². The van der Waals surface area contributed by atoms with E-state index in [0.29, 0.717) is 5.88 Å². The standard InChI is InChI=1S/C14H25N3O/c1-14(2,3)17-10-6-8-15-11-12-7-5-9-16-13(12)18-4/h5,7,9,15,17H,6,8,10-11H2,1-4H3. The van der Waals surface area contributed by atoms with Crippen LogP contribution in [0, 0.1) is 0 Å². The van der Waals surface area contributed by atoms with E-state index in [0.717, 1.165) is 31.6 Å². The largest absolute Gasteiger partial charge is 0.481 e. The highest BCUT2D eigenvalue weighted by Gasteiger charge is 2.07. The number of ether oxygens (including phenoxy) is 1. The fraction of sp³-hybridized carbons (Fsp3) is 0.643. The molecular weight excluding hydrogens is 226 g/mol. The Morgan fingerprint density at radius 2 is 2.06 bits per heavy atom. The first kappa shape index (κ1) is 14.9. The molecule has 0 radical (unpaired) electrons. The number of methoxy groups -OCH3 is 1. The molecule has 0 aliphatic heterocycles. The van der Waals surface area contributed by atoms with Crippen LogP contribution in [0.2, 0.25) is 0 Å². The smallest absolute Gasteiger partial charge is 0.217 e. The van der Waals surface area contributed by atoms with Crippen molar-refractivity contribution in [3.8, 4) is 5.88 Å². The molecule has 0 amide bonds. The summed E-state index contributed by atoms with van der Waals surface area (Å²) < 4.78 is 5.20. The van der Waals surface area contributed by atoms with E-state index in [1.54, 1.807) is 13.3 Å². The number of nitrogens with zero attached hydrogens (tertiary/aromatic N) is 1. The molecule has 4 heteroatoms. The summed E-state index contributed by atoms with van der Waals surface area (Å²) in [4.78, 5) is 4.17. The van der Waals surface area contributed by atoms with Crippen LogP contribution in [0.5, 0.6) is 5.88 Å². The van der Waals surface area contributed by atoms with Gasteiger partial charge in [0.15, 0.2) is 0 Å². The van der Waals surface area contributed by atoms with Crippen molar-refractivity contribution in [2.45, 2.75) is 39.3 Å². The topological polar surface area (TPSA) is 46.2 Å². The van der Waals surface area contributed by atoms with Gasteiger partial charge in [-0.15, -0.1) is 0 Å². The van der Waals surface area contributed by atoms with E-state index in [1.807, 2.05) is 12.1 Å². The van der Waals surface area contributed by atoms with Gasteiger partial charge < -0.3 is 15.4 Å². The summed E-state index contributed by atoms with van der Waals surface area (Å²) in [5, 5.41) is 6.87. The minimum absolute atomic E-state index is 0.201. The second kappa shape index (κ2) is 7.34. The van der Waals surface area contributed by atoms with E-state index in [4.69, 9.17) is 4.74 Å². The first-order chi connectivity index (χ1) is 8.53. The molecule has 0 aromatic carbocycles. The number of rotatable bonds is 7. The minimum Gasteiger partial charge on any atom is -0.481 e. The normalized spacial score (nSPS) is 11.6. The molecule has 102 valence electrons. The molecule has 0 saturated carbocycles. The van der Waals surface area contributed by atoms with Gasteiger partial charge in [-0.25, -0.2) is 4.98 Å². The van der Waals surface area contributed by atoms with Crippen LogP contribution in [0.3, 0.4) is 0 Å². The van der Waals surface area contributed by atoms with Gasteiger partial charge >= 0.3 is 0 Å². The first-order valence-electron chi connectivity index (χ1n) is 6.46. The molecule has 1 rings (SSSR count). The molecule has 1 aromatic rings. The Bertz CT molecular complexity index is 347. The molecule has 0 aliphatic rings. The van der Waals surface area contributed by atoms with Crippen LogP contribution in [-0.2, 0) is 6.54 Å². The molecule has 0 saturated heterocycles. The van der Waals surface area contributed by atoms with E-state index >= 15 is 0 Å². The third kappa shape index (κ3) is 5.98. The van der Waals surface area contributed by atoms with Crippen LogP contribution in [0.4, 0.5) is 0 Å². The average Bonchev–Trinajstić information content (AvgIpc) is 2.32. The number of aromatic nitrogens is 1. The van der Waals surface area contributed by atoms with Gasteiger partial charge in [0.1, 0.15) is 0 Å². The maximum Gasteiger partial charge on any atom is 0.217 e. The SMILES string of the molecule is COc1ncccc1CNCCCNC(C)(C)C. The molecular formula is C14H25N3O. The highest BCUT2D eigenvalue weighted by atomic mass is 16.5. The second-order valence-corrected chi connectivity index (χ2v) is 5.38. The molecule has 18 heavy (non-hydrogen) atoms. The van der Waals surface area contributed by atoms with Crippen molar-refractivity contribution >= 4 is 0 Å². The van der Waals surface area contributed by atoms with Crippen LogP contribution in [0.25, 0.3) is 0 Å². The average molecular weight is 251 g/mol. The van der Waals surface area contributed by atoms with Crippen LogP contribution in [0.15, 0.2) is 18.3 Å². The third-order valence-electron chi connectivity index (χ3n) is 2.54. The first-order valence-corrected chi connectivity index (χ1v) is 6.46. The summed E-state index contributed by atoms with van der Waals surface area (Å²) in [7, 11) is 1.65. The van der Waals surface area contributed by atoms with Gasteiger partial charge in [-0.1, -0.05) is 6.07 Å². The van der Waals surface area contributed by atoms with E-state index < -0.39 is 0 Å². The fourth-order valence-electron chi connectivity index (χ4n) is 1.64. The van der Waals surface area contributed by atoms with E-state index in [1.165, 1.54) is 0 Å². The molecule has 1 heterocycles. The van der Waals surface area contributed by atoms with Gasteiger partial charge in [-0.3, -0.25) is 0 Å². The highest BCUT2D eigenvalue weighted by molar-refractivity contribution is 5.24. The van der Waals surface area contributed by atoms with Crippen molar-refractivity contribution in [2.24, 2.45) is 0 Å². The van der Waals surface area contributed by atoms with Gasteiger partial charge in [0.2, 0.25) is 5.88 Å². The zero-order chi connectivity index (χ0) is 13.4. The molecule has 0 fully saturated rings. The van der Waals surface area contributed by atoms with Gasteiger partial charge in [0.05, 0.1) is 7.11 Å². The van der Waals surface area contributed by atoms with E-state index in [2.05, 4.69) is 36.4 Å². The minimum atomic E-state index is 0.201. The van der Waals surface area contributed by atoms with Crippen LogP contribution < -0.4 is 15.4 Å².